The van der Waals surface area contributed by atoms with E-state index in [9.17, 15) is 4.79 Å². The van der Waals surface area contributed by atoms with E-state index in [2.05, 4.69) is 11.9 Å². The quantitative estimate of drug-likeness (QED) is 0.784. The van der Waals surface area contributed by atoms with Gasteiger partial charge >= 0.3 is 0 Å². The van der Waals surface area contributed by atoms with Crippen molar-refractivity contribution in [3.05, 3.63) is 18.2 Å². The summed E-state index contributed by atoms with van der Waals surface area (Å²) in [6, 6.07) is 0. The van der Waals surface area contributed by atoms with E-state index < -0.39 is 0 Å². The van der Waals surface area contributed by atoms with Gasteiger partial charge < -0.3 is 4.57 Å². The van der Waals surface area contributed by atoms with E-state index in [1.807, 2.05) is 17.8 Å². The molecule has 0 unspecified atom stereocenters. The fourth-order valence-electron chi connectivity index (χ4n) is 2.53. The number of imidazole rings is 1. The van der Waals surface area contributed by atoms with Crippen LogP contribution in [0.15, 0.2) is 12.4 Å². The van der Waals surface area contributed by atoms with Gasteiger partial charge in [-0.2, -0.15) is 0 Å². The highest BCUT2D eigenvalue weighted by atomic mass is 16.1. The zero-order valence-corrected chi connectivity index (χ0v) is 10.2. The minimum atomic E-state index is -0.0931. The molecule has 0 radical (unpaired) electrons. The minimum absolute atomic E-state index is 0.0931. The summed E-state index contributed by atoms with van der Waals surface area (Å²) >= 11 is 0. The Kier molecular flexibility index (Phi) is 3.13. The number of aromatic nitrogens is 2. The number of hydrogen-bond acceptors (Lipinski definition) is 2. The molecule has 1 aliphatic rings. The molecule has 1 fully saturated rings. The largest absolute Gasteiger partial charge is 0.338 e. The summed E-state index contributed by atoms with van der Waals surface area (Å²) < 4.78 is 1.93. The lowest BCUT2D eigenvalue weighted by atomic mass is 9.72. The first-order valence-electron chi connectivity index (χ1n) is 6.11. The molecule has 0 spiro atoms. The van der Waals surface area contributed by atoms with Crippen LogP contribution in [-0.4, -0.2) is 15.3 Å². The van der Waals surface area contributed by atoms with Crippen molar-refractivity contribution in [2.24, 2.45) is 12.5 Å². The van der Waals surface area contributed by atoms with Crippen molar-refractivity contribution >= 4 is 5.78 Å². The van der Waals surface area contributed by atoms with Gasteiger partial charge in [0.15, 0.2) is 0 Å². The van der Waals surface area contributed by atoms with E-state index in [1.54, 1.807) is 6.20 Å². The molecule has 0 bridgehead atoms. The van der Waals surface area contributed by atoms with Crippen molar-refractivity contribution < 1.29 is 4.79 Å². The van der Waals surface area contributed by atoms with Crippen molar-refractivity contribution in [3.63, 3.8) is 0 Å². The fraction of sp³-hybridized carbons (Fsp3) is 0.692. The highest BCUT2D eigenvalue weighted by molar-refractivity contribution is 5.86. The van der Waals surface area contributed by atoms with Crippen molar-refractivity contribution in [2.45, 2.75) is 45.4 Å². The van der Waals surface area contributed by atoms with Gasteiger partial charge in [0, 0.05) is 24.9 Å². The average molecular weight is 220 g/mol. The highest BCUT2D eigenvalue weighted by Gasteiger charge is 2.34. The molecule has 0 aliphatic heterocycles. The predicted molar refractivity (Wildman–Crippen MR) is 63.1 cm³/mol. The number of carbonyl (C=O) groups is 1. The molecule has 1 aliphatic carbocycles. The number of ketones is 1. The first-order chi connectivity index (χ1) is 7.62. The first kappa shape index (κ1) is 11.4. The summed E-state index contributed by atoms with van der Waals surface area (Å²) in [4.78, 5) is 16.5. The molecule has 1 saturated carbocycles. The van der Waals surface area contributed by atoms with Crippen molar-refractivity contribution in [2.75, 3.05) is 0 Å². The van der Waals surface area contributed by atoms with Gasteiger partial charge in [0.05, 0.1) is 6.42 Å². The molecule has 0 atom stereocenters. The van der Waals surface area contributed by atoms with Crippen molar-refractivity contribution in [1.82, 2.24) is 9.55 Å². The van der Waals surface area contributed by atoms with Gasteiger partial charge in [0.1, 0.15) is 11.6 Å². The molecule has 3 heteroatoms. The molecule has 1 aromatic heterocycles. The Morgan fingerprint density at radius 1 is 1.44 bits per heavy atom. The summed E-state index contributed by atoms with van der Waals surface area (Å²) in [5.41, 5.74) is -0.0931. The maximum atomic E-state index is 12.3. The van der Waals surface area contributed by atoms with Crippen LogP contribution in [0.2, 0.25) is 0 Å². The molecule has 2 rings (SSSR count). The van der Waals surface area contributed by atoms with E-state index in [1.165, 1.54) is 19.3 Å². The van der Waals surface area contributed by atoms with Gasteiger partial charge in [-0.3, -0.25) is 4.79 Å². The van der Waals surface area contributed by atoms with Crippen LogP contribution in [0, 0.1) is 5.41 Å². The lowest BCUT2D eigenvalue weighted by Gasteiger charge is -2.31. The van der Waals surface area contributed by atoms with E-state index >= 15 is 0 Å². The second-order valence-electron chi connectivity index (χ2n) is 5.18. The average Bonchev–Trinajstić information content (AvgIpc) is 2.65. The molecule has 16 heavy (non-hydrogen) atoms. The minimum Gasteiger partial charge on any atom is -0.338 e. The molecule has 88 valence electrons. The predicted octanol–water partition coefficient (Wildman–Crippen LogP) is 2.50. The molecular weight excluding hydrogens is 200 g/mol. The Bertz CT molecular complexity index is 375. The van der Waals surface area contributed by atoms with Crippen LogP contribution in [0.3, 0.4) is 0 Å². The molecular formula is C13H20N2O. The topological polar surface area (TPSA) is 34.9 Å². The molecule has 0 N–H and O–H groups in total. The fourth-order valence-corrected chi connectivity index (χ4v) is 2.53. The van der Waals surface area contributed by atoms with Crippen LogP contribution < -0.4 is 0 Å². The second kappa shape index (κ2) is 4.40. The standard InChI is InChI=1S/C13H20N2O/c1-13(6-4-3-5-7-13)11(16)10-12-14-8-9-15(12)2/h8-9H,3-7,10H2,1-2H3. The number of rotatable bonds is 3. The number of Topliss-reactive ketones (excluding diaryl/α,β-unsaturated/α-hetero) is 1. The zero-order chi connectivity index (χ0) is 11.6. The van der Waals surface area contributed by atoms with Crippen LogP contribution in [0.5, 0.6) is 0 Å². The summed E-state index contributed by atoms with van der Waals surface area (Å²) in [5, 5.41) is 0. The normalized spacial score (nSPS) is 19.6. The monoisotopic (exact) mass is 220 g/mol. The molecule has 0 aromatic carbocycles. The summed E-state index contributed by atoms with van der Waals surface area (Å²) in [6.07, 6.45) is 9.92. The lowest BCUT2D eigenvalue weighted by molar-refractivity contribution is -0.129. The van der Waals surface area contributed by atoms with E-state index in [-0.39, 0.29) is 5.41 Å². The Morgan fingerprint density at radius 2 is 2.12 bits per heavy atom. The van der Waals surface area contributed by atoms with E-state index in [4.69, 9.17) is 0 Å². The van der Waals surface area contributed by atoms with Gasteiger partial charge in [-0.15, -0.1) is 0 Å². The molecule has 1 heterocycles. The lowest BCUT2D eigenvalue weighted by Crippen LogP contribution is -2.32. The van der Waals surface area contributed by atoms with Crippen LogP contribution in [0.1, 0.15) is 44.9 Å². The number of hydrogen-bond donors (Lipinski definition) is 0. The second-order valence-corrected chi connectivity index (χ2v) is 5.18. The zero-order valence-electron chi connectivity index (χ0n) is 10.2. The van der Waals surface area contributed by atoms with Crippen molar-refractivity contribution in [3.8, 4) is 0 Å². The van der Waals surface area contributed by atoms with Gasteiger partial charge in [0.25, 0.3) is 0 Å². The Labute approximate surface area is 96.9 Å². The smallest absolute Gasteiger partial charge is 0.146 e. The molecule has 3 nitrogen and oxygen atoms in total. The number of carbonyl (C=O) groups excluding carboxylic acids is 1. The summed E-state index contributed by atoms with van der Waals surface area (Å²) in [5.74, 6) is 1.25. The third kappa shape index (κ3) is 2.18. The van der Waals surface area contributed by atoms with E-state index in [0.29, 0.717) is 12.2 Å². The Morgan fingerprint density at radius 3 is 2.69 bits per heavy atom. The number of aryl methyl sites for hydroxylation is 1. The summed E-state index contributed by atoms with van der Waals surface area (Å²) in [6.45, 7) is 2.12. The maximum Gasteiger partial charge on any atom is 0.146 e. The van der Waals surface area contributed by atoms with Gasteiger partial charge in [-0.25, -0.2) is 4.98 Å². The van der Waals surface area contributed by atoms with Crippen LogP contribution >= 0.6 is 0 Å². The maximum absolute atomic E-state index is 12.3. The van der Waals surface area contributed by atoms with Crippen LogP contribution in [0.25, 0.3) is 0 Å². The van der Waals surface area contributed by atoms with Crippen LogP contribution in [-0.2, 0) is 18.3 Å². The molecule has 1 aromatic rings. The van der Waals surface area contributed by atoms with E-state index in [0.717, 1.165) is 18.7 Å². The Balaban J connectivity index is 2.05. The number of nitrogens with zero attached hydrogens (tertiary/aromatic N) is 2. The SMILES string of the molecule is Cn1ccnc1CC(=O)C1(C)CCCCC1. The molecule has 0 saturated heterocycles. The Hall–Kier alpha value is -1.12. The molecule has 0 amide bonds. The third-order valence-electron chi connectivity index (χ3n) is 3.87. The van der Waals surface area contributed by atoms with Gasteiger partial charge in [-0.1, -0.05) is 26.2 Å². The van der Waals surface area contributed by atoms with Gasteiger partial charge in [-0.05, 0) is 12.8 Å². The highest BCUT2D eigenvalue weighted by Crippen LogP contribution is 2.37. The van der Waals surface area contributed by atoms with Crippen molar-refractivity contribution in [1.29, 1.82) is 0 Å². The third-order valence-corrected chi connectivity index (χ3v) is 3.87. The van der Waals surface area contributed by atoms with Crippen LogP contribution in [0.4, 0.5) is 0 Å². The summed E-state index contributed by atoms with van der Waals surface area (Å²) in [7, 11) is 1.94. The first-order valence-corrected chi connectivity index (χ1v) is 6.11. The van der Waals surface area contributed by atoms with Gasteiger partial charge in [0.2, 0.25) is 0 Å².